The van der Waals surface area contributed by atoms with Gasteiger partial charge in [-0.25, -0.2) is 0 Å². The van der Waals surface area contributed by atoms with Crippen LogP contribution in [0.25, 0.3) is 0 Å². The molecule has 1 aromatic heterocycles. The highest BCUT2D eigenvalue weighted by Gasteiger charge is 2.17. The molecular formula is C12H18N2O2. The van der Waals surface area contributed by atoms with Crippen LogP contribution in [0.3, 0.4) is 0 Å². The van der Waals surface area contributed by atoms with Crippen LogP contribution < -0.4 is 5.73 Å². The van der Waals surface area contributed by atoms with Crippen molar-refractivity contribution < 1.29 is 10.2 Å². The summed E-state index contributed by atoms with van der Waals surface area (Å²) in [7, 11) is 0. The molecule has 0 aliphatic rings. The monoisotopic (exact) mass is 222 g/mol. The van der Waals surface area contributed by atoms with Crippen LogP contribution in [0.5, 0.6) is 5.75 Å². The predicted molar refractivity (Wildman–Crippen MR) is 62.9 cm³/mol. The normalized spacial score (nSPS) is 12.4. The van der Waals surface area contributed by atoms with E-state index in [9.17, 15) is 10.2 Å². The van der Waals surface area contributed by atoms with E-state index in [4.69, 9.17) is 5.73 Å². The number of aliphatic hydroxyl groups excluding tert-OH is 1. The maximum Gasteiger partial charge on any atom is 0.141 e. The molecule has 1 rings (SSSR count). The van der Waals surface area contributed by atoms with Crippen molar-refractivity contribution in [3.05, 3.63) is 35.7 Å². The van der Waals surface area contributed by atoms with E-state index >= 15 is 0 Å². The number of aromatic nitrogens is 1. The van der Waals surface area contributed by atoms with E-state index in [-0.39, 0.29) is 18.4 Å². The van der Waals surface area contributed by atoms with E-state index in [0.717, 1.165) is 6.42 Å². The van der Waals surface area contributed by atoms with Crippen molar-refractivity contribution in [3.8, 4) is 5.75 Å². The second-order valence-corrected chi connectivity index (χ2v) is 3.76. The number of nitrogens with zero attached hydrogens (tertiary/aromatic N) is 1. The molecule has 88 valence electrons. The summed E-state index contributed by atoms with van der Waals surface area (Å²) in [4.78, 5) is 3.99. The first kappa shape index (κ1) is 12.7. The maximum atomic E-state index is 9.90. The van der Waals surface area contributed by atoms with Crippen molar-refractivity contribution in [1.82, 2.24) is 4.98 Å². The number of allylic oxidation sites excluding steroid dienone is 1. The van der Waals surface area contributed by atoms with Gasteiger partial charge < -0.3 is 15.9 Å². The third-order valence-electron chi connectivity index (χ3n) is 2.58. The number of aryl methyl sites for hydroxylation is 1. The molecule has 4 heteroatoms. The van der Waals surface area contributed by atoms with Crippen LogP contribution in [-0.4, -0.2) is 15.2 Å². The number of pyridine rings is 1. The number of rotatable bonds is 5. The molecule has 4 nitrogen and oxygen atoms in total. The third-order valence-corrected chi connectivity index (χ3v) is 2.58. The third kappa shape index (κ3) is 2.59. The Labute approximate surface area is 95.4 Å². The van der Waals surface area contributed by atoms with Gasteiger partial charge in [-0.1, -0.05) is 6.08 Å². The van der Waals surface area contributed by atoms with Gasteiger partial charge in [-0.3, -0.25) is 4.98 Å². The zero-order valence-electron chi connectivity index (χ0n) is 9.48. The van der Waals surface area contributed by atoms with Crippen LogP contribution in [-0.2, 0) is 6.61 Å². The fourth-order valence-corrected chi connectivity index (χ4v) is 1.63. The van der Waals surface area contributed by atoms with Gasteiger partial charge >= 0.3 is 0 Å². The second-order valence-electron chi connectivity index (χ2n) is 3.76. The van der Waals surface area contributed by atoms with Crippen molar-refractivity contribution in [2.75, 3.05) is 0 Å². The number of aliphatic hydroxyl groups is 1. The Balaban J connectivity index is 3.08. The van der Waals surface area contributed by atoms with E-state index in [2.05, 4.69) is 11.6 Å². The fourth-order valence-electron chi connectivity index (χ4n) is 1.63. The van der Waals surface area contributed by atoms with Crippen LogP contribution in [0, 0.1) is 6.92 Å². The van der Waals surface area contributed by atoms with Crippen LogP contribution in [0.15, 0.2) is 18.9 Å². The average Bonchev–Trinajstić information content (AvgIpc) is 2.29. The summed E-state index contributed by atoms with van der Waals surface area (Å²) in [6.07, 6.45) is 4.79. The SMILES string of the molecule is C=CCC[C@H](N)c1c(CO)cnc(C)c1O. The second kappa shape index (κ2) is 5.63. The lowest BCUT2D eigenvalue weighted by molar-refractivity contribution is 0.277. The molecule has 0 aliphatic carbocycles. The lowest BCUT2D eigenvalue weighted by Gasteiger charge is -2.17. The van der Waals surface area contributed by atoms with Gasteiger partial charge in [0.15, 0.2) is 0 Å². The van der Waals surface area contributed by atoms with Gasteiger partial charge in [0.1, 0.15) is 5.75 Å². The number of aromatic hydroxyl groups is 1. The van der Waals surface area contributed by atoms with E-state index < -0.39 is 0 Å². The Bertz CT molecular complexity index is 378. The van der Waals surface area contributed by atoms with E-state index in [1.165, 1.54) is 0 Å². The molecule has 0 saturated carbocycles. The van der Waals surface area contributed by atoms with Crippen LogP contribution in [0.4, 0.5) is 0 Å². The highest BCUT2D eigenvalue weighted by Crippen LogP contribution is 2.30. The standard InChI is InChI=1S/C12H18N2O2/c1-3-4-5-10(13)11-9(7-15)6-14-8(2)12(11)16/h3,6,10,15-16H,1,4-5,7,13H2,2H3/t10-/m0/s1. The highest BCUT2D eigenvalue weighted by atomic mass is 16.3. The Morgan fingerprint density at radius 3 is 2.88 bits per heavy atom. The van der Waals surface area contributed by atoms with E-state index in [1.54, 1.807) is 19.2 Å². The lowest BCUT2D eigenvalue weighted by Crippen LogP contribution is -2.14. The molecule has 1 aromatic rings. The minimum atomic E-state index is -0.304. The Hall–Kier alpha value is -1.39. The first-order valence-corrected chi connectivity index (χ1v) is 5.26. The minimum absolute atomic E-state index is 0.0862. The molecule has 0 fully saturated rings. The topological polar surface area (TPSA) is 79.4 Å². The summed E-state index contributed by atoms with van der Waals surface area (Å²) in [5.74, 6) is 0.0862. The number of hydrogen-bond acceptors (Lipinski definition) is 4. The molecule has 1 atom stereocenters. The molecule has 16 heavy (non-hydrogen) atoms. The van der Waals surface area contributed by atoms with Gasteiger partial charge in [0.2, 0.25) is 0 Å². The van der Waals surface area contributed by atoms with Gasteiger partial charge in [-0.2, -0.15) is 0 Å². The molecule has 4 N–H and O–H groups in total. The van der Waals surface area contributed by atoms with Crippen molar-refractivity contribution in [1.29, 1.82) is 0 Å². The minimum Gasteiger partial charge on any atom is -0.506 e. The van der Waals surface area contributed by atoms with Crippen molar-refractivity contribution in [2.24, 2.45) is 5.73 Å². The first-order chi connectivity index (χ1) is 7.61. The summed E-state index contributed by atoms with van der Waals surface area (Å²) in [6.45, 7) is 5.17. The van der Waals surface area contributed by atoms with Crippen LogP contribution in [0.2, 0.25) is 0 Å². The van der Waals surface area contributed by atoms with Crippen molar-refractivity contribution in [3.63, 3.8) is 0 Å². The summed E-state index contributed by atoms with van der Waals surface area (Å²) in [6, 6.07) is -0.304. The molecule has 0 bridgehead atoms. The molecule has 0 aliphatic heterocycles. The predicted octanol–water partition coefficient (Wildman–Crippen LogP) is 1.55. The Kier molecular flexibility index (Phi) is 4.46. The summed E-state index contributed by atoms with van der Waals surface area (Å²) >= 11 is 0. The maximum absolute atomic E-state index is 9.90. The smallest absolute Gasteiger partial charge is 0.141 e. The van der Waals surface area contributed by atoms with E-state index in [1.807, 2.05) is 0 Å². The lowest BCUT2D eigenvalue weighted by atomic mass is 9.97. The summed E-state index contributed by atoms with van der Waals surface area (Å²) in [5.41, 5.74) is 7.69. The Morgan fingerprint density at radius 2 is 2.31 bits per heavy atom. The van der Waals surface area contributed by atoms with Gasteiger partial charge in [-0.05, 0) is 19.8 Å². The molecule has 0 aromatic carbocycles. The Morgan fingerprint density at radius 1 is 1.62 bits per heavy atom. The highest BCUT2D eigenvalue weighted by molar-refractivity contribution is 5.42. The van der Waals surface area contributed by atoms with Crippen LogP contribution >= 0.6 is 0 Å². The van der Waals surface area contributed by atoms with Gasteiger partial charge in [-0.15, -0.1) is 6.58 Å². The van der Waals surface area contributed by atoms with Gasteiger partial charge in [0.25, 0.3) is 0 Å². The van der Waals surface area contributed by atoms with Gasteiger partial charge in [0, 0.05) is 23.4 Å². The molecule has 0 spiro atoms. The quantitative estimate of drug-likeness (QED) is 0.660. The molecule has 0 unspecified atom stereocenters. The first-order valence-electron chi connectivity index (χ1n) is 5.26. The van der Waals surface area contributed by atoms with Gasteiger partial charge in [0.05, 0.1) is 12.3 Å². The number of nitrogens with two attached hydrogens (primary N) is 1. The molecule has 0 saturated heterocycles. The van der Waals surface area contributed by atoms with Crippen molar-refractivity contribution >= 4 is 0 Å². The van der Waals surface area contributed by atoms with Crippen LogP contribution in [0.1, 0.15) is 35.7 Å². The average molecular weight is 222 g/mol. The molecule has 1 heterocycles. The van der Waals surface area contributed by atoms with E-state index in [0.29, 0.717) is 23.2 Å². The molecule has 0 radical (unpaired) electrons. The number of hydrogen-bond donors (Lipinski definition) is 3. The molecule has 0 amide bonds. The fraction of sp³-hybridized carbons (Fsp3) is 0.417. The zero-order chi connectivity index (χ0) is 12.1. The summed E-state index contributed by atoms with van der Waals surface area (Å²) in [5, 5.41) is 19.1. The largest absolute Gasteiger partial charge is 0.506 e. The summed E-state index contributed by atoms with van der Waals surface area (Å²) < 4.78 is 0. The molecular weight excluding hydrogens is 204 g/mol. The van der Waals surface area contributed by atoms with Crippen molar-refractivity contribution in [2.45, 2.75) is 32.4 Å². The zero-order valence-corrected chi connectivity index (χ0v) is 9.48.